The minimum atomic E-state index is 0.377. The van der Waals surface area contributed by atoms with Crippen molar-refractivity contribution in [3.8, 4) is 0 Å². The monoisotopic (exact) mass is 288 g/mol. The number of aromatic nitrogens is 2. The number of anilines is 2. The molecule has 114 valence electrons. The number of nitrogens with zero attached hydrogens (tertiary/aromatic N) is 2. The molecule has 5 nitrogen and oxygen atoms in total. The summed E-state index contributed by atoms with van der Waals surface area (Å²) in [4.78, 5) is 9.46. The van der Waals surface area contributed by atoms with E-state index in [0.717, 1.165) is 42.0 Å². The van der Waals surface area contributed by atoms with E-state index in [1.165, 1.54) is 25.7 Å². The van der Waals surface area contributed by atoms with Gasteiger partial charge in [-0.2, -0.15) is 0 Å². The zero-order valence-electron chi connectivity index (χ0n) is 12.9. The zero-order valence-corrected chi connectivity index (χ0v) is 12.9. The standard InChI is InChI=1S/C16H24N4O/c1-9-14(17-2)19-16(11-5-6-11)20-15(9)18-12-7-8-21-13(12)10-3-4-10/h10-13H,3-8H2,1-2H3,(H2,17,18,19,20). The molecule has 3 aliphatic rings. The highest BCUT2D eigenvalue weighted by Gasteiger charge is 2.41. The van der Waals surface area contributed by atoms with Gasteiger partial charge in [0.15, 0.2) is 0 Å². The van der Waals surface area contributed by atoms with Crippen LogP contribution < -0.4 is 10.6 Å². The molecule has 0 spiro atoms. The Morgan fingerprint density at radius 3 is 2.48 bits per heavy atom. The maximum absolute atomic E-state index is 5.93. The third-order valence-electron chi connectivity index (χ3n) is 4.89. The summed E-state index contributed by atoms with van der Waals surface area (Å²) in [6, 6.07) is 0.405. The Kier molecular flexibility index (Phi) is 3.25. The van der Waals surface area contributed by atoms with Crippen molar-refractivity contribution in [2.75, 3.05) is 24.3 Å². The van der Waals surface area contributed by atoms with Crippen LogP contribution >= 0.6 is 0 Å². The van der Waals surface area contributed by atoms with E-state index in [-0.39, 0.29) is 0 Å². The Morgan fingerprint density at radius 1 is 1.05 bits per heavy atom. The van der Waals surface area contributed by atoms with Crippen molar-refractivity contribution in [3.05, 3.63) is 11.4 Å². The molecular formula is C16H24N4O. The average molecular weight is 288 g/mol. The molecule has 4 rings (SSSR count). The van der Waals surface area contributed by atoms with Gasteiger partial charge in [-0.15, -0.1) is 0 Å². The van der Waals surface area contributed by atoms with Crippen molar-refractivity contribution in [1.29, 1.82) is 0 Å². The lowest BCUT2D eigenvalue weighted by atomic mass is 10.1. The van der Waals surface area contributed by atoms with Crippen molar-refractivity contribution < 1.29 is 4.74 Å². The molecule has 0 amide bonds. The second-order valence-electron chi connectivity index (χ2n) is 6.64. The topological polar surface area (TPSA) is 59.1 Å². The van der Waals surface area contributed by atoms with Crippen LogP contribution in [0.25, 0.3) is 0 Å². The number of hydrogen-bond donors (Lipinski definition) is 2. The van der Waals surface area contributed by atoms with Crippen LogP contribution in [-0.2, 0) is 4.74 Å². The van der Waals surface area contributed by atoms with Crippen LogP contribution in [0.5, 0.6) is 0 Å². The predicted octanol–water partition coefficient (Wildman–Crippen LogP) is 2.68. The summed E-state index contributed by atoms with van der Waals surface area (Å²) in [7, 11) is 1.93. The van der Waals surface area contributed by atoms with E-state index >= 15 is 0 Å². The first kappa shape index (κ1) is 13.3. The molecule has 2 atom stereocenters. The van der Waals surface area contributed by atoms with Gasteiger partial charge in [-0.25, -0.2) is 9.97 Å². The fraction of sp³-hybridized carbons (Fsp3) is 0.750. The summed E-state index contributed by atoms with van der Waals surface area (Å²) in [5.41, 5.74) is 1.11. The predicted molar refractivity (Wildman–Crippen MR) is 82.8 cm³/mol. The molecule has 1 saturated heterocycles. The second-order valence-corrected chi connectivity index (χ2v) is 6.64. The summed E-state index contributed by atoms with van der Waals surface area (Å²) in [5.74, 6) is 4.28. The fourth-order valence-electron chi connectivity index (χ4n) is 3.27. The van der Waals surface area contributed by atoms with E-state index in [1.54, 1.807) is 0 Å². The summed E-state index contributed by atoms with van der Waals surface area (Å²) in [6.45, 7) is 2.96. The van der Waals surface area contributed by atoms with E-state index in [4.69, 9.17) is 9.72 Å². The molecular weight excluding hydrogens is 264 g/mol. The van der Waals surface area contributed by atoms with E-state index in [0.29, 0.717) is 18.1 Å². The third-order valence-corrected chi connectivity index (χ3v) is 4.89. The molecule has 21 heavy (non-hydrogen) atoms. The average Bonchev–Trinajstić information content (AvgIpc) is 3.40. The van der Waals surface area contributed by atoms with Gasteiger partial charge in [-0.1, -0.05) is 0 Å². The SMILES string of the molecule is CNc1nc(C2CC2)nc(NC2CCOC2C2CC2)c1C. The molecule has 2 saturated carbocycles. The van der Waals surface area contributed by atoms with Crippen LogP contribution in [0.2, 0.25) is 0 Å². The summed E-state index contributed by atoms with van der Waals surface area (Å²) < 4.78 is 5.93. The van der Waals surface area contributed by atoms with Gasteiger partial charge in [-0.3, -0.25) is 0 Å². The highest BCUT2D eigenvalue weighted by Crippen LogP contribution is 2.41. The molecule has 0 radical (unpaired) electrons. The fourth-order valence-corrected chi connectivity index (χ4v) is 3.27. The summed E-state index contributed by atoms with van der Waals surface area (Å²) in [5, 5.41) is 6.87. The molecule has 0 aromatic carbocycles. The van der Waals surface area contributed by atoms with E-state index < -0.39 is 0 Å². The lowest BCUT2D eigenvalue weighted by molar-refractivity contribution is 0.0898. The van der Waals surface area contributed by atoms with Gasteiger partial charge in [0.1, 0.15) is 17.5 Å². The first-order valence-electron chi connectivity index (χ1n) is 8.20. The zero-order chi connectivity index (χ0) is 14.4. The third kappa shape index (κ3) is 2.59. The van der Waals surface area contributed by atoms with Crippen molar-refractivity contribution in [3.63, 3.8) is 0 Å². The van der Waals surface area contributed by atoms with Crippen molar-refractivity contribution in [1.82, 2.24) is 9.97 Å². The number of nitrogens with one attached hydrogen (secondary N) is 2. The molecule has 1 aromatic rings. The van der Waals surface area contributed by atoms with Crippen LogP contribution in [0.3, 0.4) is 0 Å². The van der Waals surface area contributed by atoms with Crippen LogP contribution in [0.15, 0.2) is 0 Å². The molecule has 2 heterocycles. The van der Waals surface area contributed by atoms with Gasteiger partial charge < -0.3 is 15.4 Å². The second kappa shape index (κ2) is 5.13. The van der Waals surface area contributed by atoms with Crippen molar-refractivity contribution >= 4 is 11.6 Å². The number of ether oxygens (including phenoxy) is 1. The highest BCUT2D eigenvalue weighted by molar-refractivity contribution is 5.58. The van der Waals surface area contributed by atoms with Crippen LogP contribution in [0, 0.1) is 12.8 Å². The number of rotatable bonds is 5. The smallest absolute Gasteiger partial charge is 0.136 e. The Bertz CT molecular complexity index is 539. The van der Waals surface area contributed by atoms with Crippen LogP contribution in [0.4, 0.5) is 11.6 Å². The van der Waals surface area contributed by atoms with Crippen LogP contribution in [0.1, 0.15) is 49.4 Å². The molecule has 2 N–H and O–H groups in total. The first-order valence-corrected chi connectivity index (χ1v) is 8.20. The lowest BCUT2D eigenvalue weighted by Crippen LogP contribution is -2.32. The van der Waals surface area contributed by atoms with Gasteiger partial charge in [0.05, 0.1) is 12.1 Å². The Hall–Kier alpha value is -1.36. The van der Waals surface area contributed by atoms with Gasteiger partial charge in [0.25, 0.3) is 0 Å². The van der Waals surface area contributed by atoms with E-state index in [1.807, 2.05) is 7.05 Å². The molecule has 2 aliphatic carbocycles. The van der Waals surface area contributed by atoms with Crippen LogP contribution in [-0.4, -0.2) is 35.8 Å². The summed E-state index contributed by atoms with van der Waals surface area (Å²) >= 11 is 0. The quantitative estimate of drug-likeness (QED) is 0.872. The Labute approximate surface area is 125 Å². The minimum Gasteiger partial charge on any atom is -0.376 e. The van der Waals surface area contributed by atoms with Gasteiger partial charge in [0.2, 0.25) is 0 Å². The van der Waals surface area contributed by atoms with Crippen molar-refractivity contribution in [2.24, 2.45) is 5.92 Å². The lowest BCUT2D eigenvalue weighted by Gasteiger charge is -2.22. The van der Waals surface area contributed by atoms with Gasteiger partial charge in [0, 0.05) is 25.1 Å². The molecule has 3 fully saturated rings. The van der Waals surface area contributed by atoms with E-state index in [9.17, 15) is 0 Å². The first-order chi connectivity index (χ1) is 10.3. The van der Waals surface area contributed by atoms with Gasteiger partial charge in [-0.05, 0) is 44.9 Å². The summed E-state index contributed by atoms with van der Waals surface area (Å²) in [6.07, 6.45) is 6.55. The normalized spacial score (nSPS) is 28.7. The maximum Gasteiger partial charge on any atom is 0.136 e. The van der Waals surface area contributed by atoms with Gasteiger partial charge >= 0.3 is 0 Å². The van der Waals surface area contributed by atoms with Crippen molar-refractivity contribution in [2.45, 2.75) is 57.1 Å². The molecule has 5 heteroatoms. The van der Waals surface area contributed by atoms with E-state index in [2.05, 4.69) is 22.5 Å². The highest BCUT2D eigenvalue weighted by atomic mass is 16.5. The maximum atomic E-state index is 5.93. The Morgan fingerprint density at radius 2 is 1.81 bits per heavy atom. The molecule has 2 unspecified atom stereocenters. The molecule has 1 aromatic heterocycles. The minimum absolute atomic E-state index is 0.377. The Balaban J connectivity index is 1.59. The largest absolute Gasteiger partial charge is 0.376 e. The molecule has 1 aliphatic heterocycles. The number of hydrogen-bond acceptors (Lipinski definition) is 5. The molecule has 0 bridgehead atoms.